The van der Waals surface area contributed by atoms with Crippen LogP contribution in [0.4, 0.5) is 0 Å². The molecule has 3 N–H and O–H groups in total. The third kappa shape index (κ3) is 2.14. The zero-order valence-electron chi connectivity index (χ0n) is 11.4. The Labute approximate surface area is 113 Å². The molecular formula is C14H23N3O2. The zero-order chi connectivity index (χ0) is 13.5. The van der Waals surface area contributed by atoms with Gasteiger partial charge in [-0.25, -0.2) is 0 Å². The number of piperidine rings is 1. The Balaban J connectivity index is 1.67. The third-order valence-electron chi connectivity index (χ3n) is 5.29. The second kappa shape index (κ2) is 4.78. The molecule has 106 valence electrons. The Hall–Kier alpha value is -1.10. The lowest BCUT2D eigenvalue weighted by atomic mass is 9.66. The van der Waals surface area contributed by atoms with Crippen LogP contribution in [0.2, 0.25) is 0 Å². The van der Waals surface area contributed by atoms with Gasteiger partial charge in [-0.15, -0.1) is 0 Å². The van der Waals surface area contributed by atoms with Crippen molar-refractivity contribution in [2.24, 2.45) is 17.1 Å². The van der Waals surface area contributed by atoms with E-state index >= 15 is 0 Å². The molecular weight excluding hydrogens is 242 g/mol. The molecule has 1 aliphatic carbocycles. The van der Waals surface area contributed by atoms with Crippen molar-refractivity contribution in [2.45, 2.75) is 44.6 Å². The number of amides is 2. The van der Waals surface area contributed by atoms with Crippen LogP contribution in [0.3, 0.4) is 0 Å². The van der Waals surface area contributed by atoms with Crippen LogP contribution in [0, 0.1) is 11.3 Å². The molecule has 2 unspecified atom stereocenters. The van der Waals surface area contributed by atoms with Gasteiger partial charge in [-0.05, 0) is 37.6 Å². The summed E-state index contributed by atoms with van der Waals surface area (Å²) in [6, 6.07) is 0.0867. The fourth-order valence-corrected chi connectivity index (χ4v) is 3.81. The number of nitrogens with zero attached hydrogens (tertiary/aromatic N) is 1. The van der Waals surface area contributed by atoms with Gasteiger partial charge in [-0.1, -0.05) is 6.42 Å². The largest absolute Gasteiger partial charge is 0.354 e. The summed E-state index contributed by atoms with van der Waals surface area (Å²) in [4.78, 5) is 26.2. The lowest BCUT2D eigenvalue weighted by Gasteiger charge is -2.43. The molecule has 0 aromatic carbocycles. The van der Waals surface area contributed by atoms with Gasteiger partial charge in [0.05, 0.1) is 12.0 Å². The lowest BCUT2D eigenvalue weighted by molar-refractivity contribution is -0.140. The van der Waals surface area contributed by atoms with Crippen molar-refractivity contribution in [1.29, 1.82) is 0 Å². The molecule has 19 heavy (non-hydrogen) atoms. The number of carbonyl (C=O) groups is 2. The molecule has 0 aromatic rings. The van der Waals surface area contributed by atoms with Gasteiger partial charge in [0.2, 0.25) is 11.8 Å². The van der Waals surface area contributed by atoms with Crippen molar-refractivity contribution in [3.05, 3.63) is 0 Å². The molecule has 2 heterocycles. The van der Waals surface area contributed by atoms with E-state index in [2.05, 4.69) is 5.32 Å². The van der Waals surface area contributed by atoms with Crippen molar-refractivity contribution >= 4 is 11.8 Å². The number of rotatable bonds is 3. The number of hydrogen-bond acceptors (Lipinski definition) is 3. The van der Waals surface area contributed by atoms with Gasteiger partial charge in [0.1, 0.15) is 0 Å². The Kier molecular flexibility index (Phi) is 3.25. The van der Waals surface area contributed by atoms with E-state index in [4.69, 9.17) is 5.73 Å². The van der Waals surface area contributed by atoms with E-state index in [0.29, 0.717) is 19.5 Å². The van der Waals surface area contributed by atoms with Crippen molar-refractivity contribution in [2.75, 3.05) is 19.6 Å². The molecule has 1 saturated carbocycles. The first-order valence-corrected chi connectivity index (χ1v) is 7.42. The molecule has 5 heteroatoms. The second-order valence-electron chi connectivity index (χ2n) is 6.38. The highest BCUT2D eigenvalue weighted by Crippen LogP contribution is 2.43. The smallest absolute Gasteiger partial charge is 0.225 e. The van der Waals surface area contributed by atoms with E-state index in [-0.39, 0.29) is 29.2 Å². The summed E-state index contributed by atoms with van der Waals surface area (Å²) in [5.41, 5.74) is 5.89. The summed E-state index contributed by atoms with van der Waals surface area (Å²) in [6.45, 7) is 2.04. The predicted octanol–water partition coefficient (Wildman–Crippen LogP) is 0.242. The van der Waals surface area contributed by atoms with Crippen molar-refractivity contribution < 1.29 is 9.59 Å². The normalized spacial score (nSPS) is 32.5. The Morgan fingerprint density at radius 2 is 2.21 bits per heavy atom. The molecule has 0 bridgehead atoms. The van der Waals surface area contributed by atoms with Crippen molar-refractivity contribution in [3.63, 3.8) is 0 Å². The van der Waals surface area contributed by atoms with Crippen LogP contribution >= 0.6 is 0 Å². The van der Waals surface area contributed by atoms with E-state index in [0.717, 1.165) is 32.2 Å². The summed E-state index contributed by atoms with van der Waals surface area (Å²) in [5, 5.41) is 2.89. The summed E-state index contributed by atoms with van der Waals surface area (Å²) < 4.78 is 0. The lowest BCUT2D eigenvalue weighted by Crippen LogP contribution is -2.51. The molecule has 0 spiro atoms. The fourth-order valence-electron chi connectivity index (χ4n) is 3.81. The molecule has 0 aromatic heterocycles. The number of nitrogens with two attached hydrogens (primary N) is 1. The van der Waals surface area contributed by atoms with Crippen LogP contribution in [0.1, 0.15) is 38.5 Å². The first kappa shape index (κ1) is 12.9. The summed E-state index contributed by atoms with van der Waals surface area (Å²) in [5.74, 6) is 0.351. The number of fused-ring (bicyclic) bond motifs is 1. The van der Waals surface area contributed by atoms with Gasteiger partial charge < -0.3 is 16.0 Å². The van der Waals surface area contributed by atoms with Gasteiger partial charge in [0.25, 0.3) is 0 Å². The van der Waals surface area contributed by atoms with Gasteiger partial charge in [-0.2, -0.15) is 0 Å². The maximum Gasteiger partial charge on any atom is 0.225 e. The van der Waals surface area contributed by atoms with Gasteiger partial charge in [0.15, 0.2) is 0 Å². The van der Waals surface area contributed by atoms with Gasteiger partial charge >= 0.3 is 0 Å². The molecule has 3 fully saturated rings. The number of hydrogen-bond donors (Lipinski definition) is 2. The molecule has 5 nitrogen and oxygen atoms in total. The second-order valence-corrected chi connectivity index (χ2v) is 6.38. The van der Waals surface area contributed by atoms with Crippen LogP contribution in [0.15, 0.2) is 0 Å². The first-order valence-electron chi connectivity index (χ1n) is 7.42. The quantitative estimate of drug-likeness (QED) is 0.767. The highest BCUT2D eigenvalue weighted by molar-refractivity contribution is 5.84. The molecule has 2 saturated heterocycles. The minimum Gasteiger partial charge on any atom is -0.354 e. The average Bonchev–Trinajstić information content (AvgIpc) is 2.76. The third-order valence-corrected chi connectivity index (χ3v) is 5.29. The Morgan fingerprint density at radius 1 is 1.42 bits per heavy atom. The average molecular weight is 265 g/mol. The number of likely N-dealkylation sites (tertiary alicyclic amines) is 1. The molecule has 2 aliphatic heterocycles. The molecule has 2 atom stereocenters. The minimum atomic E-state index is 0.0212. The fraction of sp³-hybridized carbons (Fsp3) is 0.857. The molecule has 0 radical (unpaired) electrons. The van der Waals surface area contributed by atoms with E-state index in [1.807, 2.05) is 4.90 Å². The topological polar surface area (TPSA) is 75.4 Å². The van der Waals surface area contributed by atoms with E-state index in [1.54, 1.807) is 0 Å². The van der Waals surface area contributed by atoms with Gasteiger partial charge in [0, 0.05) is 19.5 Å². The maximum atomic E-state index is 12.5. The van der Waals surface area contributed by atoms with Gasteiger partial charge in [-0.3, -0.25) is 9.59 Å². The van der Waals surface area contributed by atoms with E-state index in [9.17, 15) is 9.59 Å². The predicted molar refractivity (Wildman–Crippen MR) is 71.2 cm³/mol. The van der Waals surface area contributed by atoms with Crippen molar-refractivity contribution in [1.82, 2.24) is 10.2 Å². The zero-order valence-corrected chi connectivity index (χ0v) is 11.4. The Morgan fingerprint density at radius 3 is 2.84 bits per heavy atom. The van der Waals surface area contributed by atoms with Crippen LogP contribution in [0.5, 0.6) is 0 Å². The summed E-state index contributed by atoms with van der Waals surface area (Å²) >= 11 is 0. The molecule has 2 amide bonds. The SMILES string of the molecule is NCC1(CC(=O)N2CCCC3C(=O)NCC32)CCC1. The first-order chi connectivity index (χ1) is 9.15. The van der Waals surface area contributed by atoms with Crippen LogP contribution in [-0.4, -0.2) is 42.4 Å². The number of nitrogens with one attached hydrogen (secondary N) is 1. The standard InChI is InChI=1S/C14H23N3O2/c15-9-14(4-2-5-14)7-12(18)17-6-1-3-10-11(17)8-16-13(10)19/h10-11H,1-9,15H2,(H,16,19). The molecule has 3 rings (SSSR count). The van der Waals surface area contributed by atoms with Crippen LogP contribution < -0.4 is 11.1 Å². The number of carbonyl (C=O) groups excluding carboxylic acids is 2. The van der Waals surface area contributed by atoms with E-state index in [1.165, 1.54) is 6.42 Å². The summed E-state index contributed by atoms with van der Waals surface area (Å²) in [7, 11) is 0. The van der Waals surface area contributed by atoms with Crippen molar-refractivity contribution in [3.8, 4) is 0 Å². The minimum absolute atomic E-state index is 0.0212. The highest BCUT2D eigenvalue weighted by Gasteiger charge is 2.45. The molecule has 3 aliphatic rings. The Bertz CT molecular complexity index is 387. The summed E-state index contributed by atoms with van der Waals surface area (Å²) in [6.07, 6.45) is 5.78. The maximum absolute atomic E-state index is 12.5. The van der Waals surface area contributed by atoms with Crippen LogP contribution in [-0.2, 0) is 9.59 Å². The van der Waals surface area contributed by atoms with E-state index < -0.39 is 0 Å². The highest BCUT2D eigenvalue weighted by atomic mass is 16.2. The monoisotopic (exact) mass is 265 g/mol. The van der Waals surface area contributed by atoms with Crippen LogP contribution in [0.25, 0.3) is 0 Å².